The van der Waals surface area contributed by atoms with E-state index in [1.165, 1.54) is 0 Å². The van der Waals surface area contributed by atoms with E-state index in [1.54, 1.807) is 16.7 Å². The third-order valence-corrected chi connectivity index (χ3v) is 5.93. The summed E-state index contributed by atoms with van der Waals surface area (Å²) in [7, 11) is 0. The first kappa shape index (κ1) is 14.5. The minimum absolute atomic E-state index is 0.0737. The average molecular weight is 350 g/mol. The van der Waals surface area contributed by atoms with Crippen molar-refractivity contribution in [3.8, 4) is 0 Å². The number of para-hydroxylation sites is 2. The molecule has 2 aromatic carbocycles. The molecule has 2 unspecified atom stereocenters. The van der Waals surface area contributed by atoms with E-state index in [2.05, 4.69) is 15.3 Å². The van der Waals surface area contributed by atoms with Crippen molar-refractivity contribution in [1.29, 1.82) is 0 Å². The highest BCUT2D eigenvalue weighted by molar-refractivity contribution is 7.99. The van der Waals surface area contributed by atoms with E-state index in [0.29, 0.717) is 17.3 Å². The van der Waals surface area contributed by atoms with Crippen LogP contribution in [-0.4, -0.2) is 38.5 Å². The number of thioether (sulfide) groups is 1. The fourth-order valence-corrected chi connectivity index (χ4v) is 4.92. The van der Waals surface area contributed by atoms with Gasteiger partial charge in [0.2, 0.25) is 11.9 Å². The van der Waals surface area contributed by atoms with E-state index < -0.39 is 6.04 Å². The Hall–Kier alpha value is -2.80. The predicted molar refractivity (Wildman–Crippen MR) is 96.3 cm³/mol. The van der Waals surface area contributed by atoms with Gasteiger partial charge < -0.3 is 9.88 Å². The lowest BCUT2D eigenvalue weighted by Gasteiger charge is -2.22. The number of nitrogens with zero attached hydrogens (tertiary/aromatic N) is 2. The van der Waals surface area contributed by atoms with Gasteiger partial charge in [-0.15, -0.1) is 11.8 Å². The number of H-pyrrole nitrogens is 1. The maximum Gasteiger partial charge on any atom is 0.256 e. The van der Waals surface area contributed by atoms with Crippen molar-refractivity contribution in [1.82, 2.24) is 14.9 Å². The van der Waals surface area contributed by atoms with Crippen LogP contribution in [0.4, 0.5) is 5.95 Å². The number of hydrogen-bond acceptors (Lipinski definition) is 4. The van der Waals surface area contributed by atoms with Crippen molar-refractivity contribution in [3.05, 3.63) is 59.7 Å². The number of benzene rings is 2. The van der Waals surface area contributed by atoms with Crippen LogP contribution < -0.4 is 5.32 Å². The van der Waals surface area contributed by atoms with Crippen molar-refractivity contribution in [2.45, 2.75) is 11.4 Å². The number of carbonyl (C=O) groups excluding carboxylic acids is 2. The number of anilines is 1. The Labute approximate surface area is 147 Å². The second-order valence-electron chi connectivity index (χ2n) is 6.09. The predicted octanol–water partition coefficient (Wildman–Crippen LogP) is 2.77. The molecule has 0 aliphatic carbocycles. The van der Waals surface area contributed by atoms with Crippen LogP contribution in [0.5, 0.6) is 0 Å². The van der Waals surface area contributed by atoms with Gasteiger partial charge in [0, 0.05) is 11.3 Å². The Morgan fingerprint density at radius 3 is 2.88 bits per heavy atom. The Morgan fingerprint density at radius 1 is 1.20 bits per heavy atom. The van der Waals surface area contributed by atoms with Gasteiger partial charge >= 0.3 is 0 Å². The van der Waals surface area contributed by atoms with E-state index >= 15 is 0 Å². The molecule has 2 N–H and O–H groups in total. The Morgan fingerprint density at radius 2 is 2.00 bits per heavy atom. The van der Waals surface area contributed by atoms with E-state index in [1.807, 2.05) is 48.5 Å². The highest BCUT2D eigenvalue weighted by Crippen LogP contribution is 2.48. The molecule has 3 heterocycles. The summed E-state index contributed by atoms with van der Waals surface area (Å²) in [6, 6.07) is 14.7. The molecule has 0 spiro atoms. The zero-order chi connectivity index (χ0) is 17.0. The molecule has 6 nitrogen and oxygen atoms in total. The monoisotopic (exact) mass is 350 g/mol. The first-order valence-electron chi connectivity index (χ1n) is 8.01. The number of carbonyl (C=O) groups is 2. The third-order valence-electron chi connectivity index (χ3n) is 4.63. The second-order valence-corrected chi connectivity index (χ2v) is 7.21. The Kier molecular flexibility index (Phi) is 3.11. The molecule has 0 radical (unpaired) electrons. The molecule has 0 bridgehead atoms. The summed E-state index contributed by atoms with van der Waals surface area (Å²) in [6.07, 6.45) is 0. The van der Waals surface area contributed by atoms with Gasteiger partial charge in [0.25, 0.3) is 5.91 Å². The summed E-state index contributed by atoms with van der Waals surface area (Å²) < 4.78 is 0. The normalized spacial score (nSPS) is 21.4. The van der Waals surface area contributed by atoms with Crippen LogP contribution in [0.15, 0.2) is 48.5 Å². The Bertz CT molecular complexity index is 982. The lowest BCUT2D eigenvalue weighted by Crippen LogP contribution is -2.43. The van der Waals surface area contributed by atoms with Gasteiger partial charge in [-0.1, -0.05) is 30.3 Å². The van der Waals surface area contributed by atoms with Gasteiger partial charge in [-0.05, 0) is 23.8 Å². The standard InChI is InChI=1S/C18H14N4O2S/c23-15(21-18-19-12-7-3-4-8-13(12)20-18)14-9-25-17-11-6-2-1-5-10(11)16(24)22(14)17/h1-8,14,17H,9H2,(H2,19,20,21,23). The van der Waals surface area contributed by atoms with Gasteiger partial charge in [-0.25, -0.2) is 4.98 Å². The lowest BCUT2D eigenvalue weighted by molar-refractivity contribution is -0.119. The molecule has 2 aliphatic heterocycles. The lowest BCUT2D eigenvalue weighted by atomic mass is 10.1. The van der Waals surface area contributed by atoms with Crippen molar-refractivity contribution >= 4 is 40.6 Å². The molecule has 5 rings (SSSR count). The minimum Gasteiger partial charge on any atom is -0.324 e. The molecular weight excluding hydrogens is 336 g/mol. The number of aromatic nitrogens is 2. The maximum absolute atomic E-state index is 12.8. The van der Waals surface area contributed by atoms with Crippen LogP contribution in [0.1, 0.15) is 21.3 Å². The SMILES string of the molecule is O=C(Nc1nc2ccccc2[nH]1)C1CSC2c3ccccc3C(=O)N12. The van der Waals surface area contributed by atoms with Crippen LogP contribution in [-0.2, 0) is 4.79 Å². The first-order chi connectivity index (χ1) is 12.2. The van der Waals surface area contributed by atoms with Gasteiger partial charge in [-0.2, -0.15) is 0 Å². The van der Waals surface area contributed by atoms with Crippen LogP contribution in [0.3, 0.4) is 0 Å². The second kappa shape index (κ2) is 5.35. The van der Waals surface area contributed by atoms with Gasteiger partial charge in [0.1, 0.15) is 11.4 Å². The summed E-state index contributed by atoms with van der Waals surface area (Å²) in [4.78, 5) is 34.6. The third kappa shape index (κ3) is 2.16. The Balaban J connectivity index is 1.41. The fourth-order valence-electron chi connectivity index (χ4n) is 3.45. The molecule has 2 atom stereocenters. The zero-order valence-electron chi connectivity index (χ0n) is 13.1. The summed E-state index contributed by atoms with van der Waals surface area (Å²) in [5, 5.41) is 2.75. The zero-order valence-corrected chi connectivity index (χ0v) is 13.9. The van der Waals surface area contributed by atoms with E-state index in [0.717, 1.165) is 16.6 Å². The largest absolute Gasteiger partial charge is 0.324 e. The van der Waals surface area contributed by atoms with E-state index in [-0.39, 0.29) is 17.2 Å². The molecular formula is C18H14N4O2S. The topological polar surface area (TPSA) is 78.1 Å². The highest BCUT2D eigenvalue weighted by Gasteiger charge is 2.48. The average Bonchev–Trinajstić information content (AvgIpc) is 3.30. The number of nitrogens with one attached hydrogen (secondary N) is 2. The number of amides is 2. The van der Waals surface area contributed by atoms with Crippen molar-refractivity contribution in [2.75, 3.05) is 11.1 Å². The van der Waals surface area contributed by atoms with Gasteiger partial charge in [-0.3, -0.25) is 14.9 Å². The van der Waals surface area contributed by atoms with Crippen LogP contribution in [0.25, 0.3) is 11.0 Å². The maximum atomic E-state index is 12.8. The van der Waals surface area contributed by atoms with Crippen LogP contribution in [0.2, 0.25) is 0 Å². The number of hydrogen-bond donors (Lipinski definition) is 2. The molecule has 0 saturated carbocycles. The fraction of sp³-hybridized carbons (Fsp3) is 0.167. The smallest absolute Gasteiger partial charge is 0.256 e. The quantitative estimate of drug-likeness (QED) is 0.745. The van der Waals surface area contributed by atoms with Gasteiger partial charge in [0.05, 0.1) is 11.0 Å². The number of rotatable bonds is 2. The number of fused-ring (bicyclic) bond motifs is 4. The summed E-state index contributed by atoms with van der Waals surface area (Å²) in [5.74, 6) is 0.700. The molecule has 3 aromatic rings. The first-order valence-corrected chi connectivity index (χ1v) is 9.06. The molecule has 7 heteroatoms. The van der Waals surface area contributed by atoms with Crippen LogP contribution >= 0.6 is 11.8 Å². The number of aromatic amines is 1. The van der Waals surface area contributed by atoms with Crippen LogP contribution in [0, 0.1) is 0 Å². The minimum atomic E-state index is -0.497. The van der Waals surface area contributed by atoms with Crippen molar-refractivity contribution in [2.24, 2.45) is 0 Å². The van der Waals surface area contributed by atoms with E-state index in [9.17, 15) is 9.59 Å². The van der Waals surface area contributed by atoms with Crippen molar-refractivity contribution in [3.63, 3.8) is 0 Å². The highest BCUT2D eigenvalue weighted by atomic mass is 32.2. The summed E-state index contributed by atoms with van der Waals surface area (Å²) in [5.41, 5.74) is 3.35. The molecule has 1 aromatic heterocycles. The van der Waals surface area contributed by atoms with Crippen molar-refractivity contribution < 1.29 is 9.59 Å². The molecule has 25 heavy (non-hydrogen) atoms. The molecule has 2 aliphatic rings. The molecule has 1 saturated heterocycles. The summed E-state index contributed by atoms with van der Waals surface area (Å²) in [6.45, 7) is 0. The molecule has 1 fully saturated rings. The van der Waals surface area contributed by atoms with Gasteiger partial charge in [0.15, 0.2) is 0 Å². The van der Waals surface area contributed by atoms with E-state index in [4.69, 9.17) is 0 Å². The summed E-state index contributed by atoms with van der Waals surface area (Å²) >= 11 is 1.63. The number of imidazole rings is 1. The molecule has 2 amide bonds. The molecule has 124 valence electrons.